The molecule has 5 nitrogen and oxygen atoms in total. The van der Waals surface area contributed by atoms with Gasteiger partial charge in [-0.2, -0.15) is 5.10 Å². The van der Waals surface area contributed by atoms with Crippen molar-refractivity contribution < 1.29 is 9.90 Å². The third-order valence-corrected chi connectivity index (χ3v) is 3.34. The Morgan fingerprint density at radius 1 is 1.42 bits per heavy atom. The maximum absolute atomic E-state index is 11.1. The van der Waals surface area contributed by atoms with E-state index in [0.29, 0.717) is 12.2 Å². The summed E-state index contributed by atoms with van der Waals surface area (Å²) < 4.78 is 1.58. The van der Waals surface area contributed by atoms with Crippen LogP contribution in [0.3, 0.4) is 0 Å². The minimum absolute atomic E-state index is 0.236. The van der Waals surface area contributed by atoms with Gasteiger partial charge in [-0.25, -0.2) is 4.79 Å². The van der Waals surface area contributed by atoms with E-state index in [1.165, 1.54) is 17.3 Å². The molecule has 0 atom stereocenters. The van der Waals surface area contributed by atoms with Gasteiger partial charge >= 0.3 is 5.97 Å². The number of aromatic carboxylic acids is 1. The number of benzene rings is 1. The zero-order valence-corrected chi connectivity index (χ0v) is 11.3. The summed E-state index contributed by atoms with van der Waals surface area (Å²) in [6.07, 6.45) is 1.38. The van der Waals surface area contributed by atoms with Crippen LogP contribution in [0.2, 0.25) is 0 Å². The van der Waals surface area contributed by atoms with Gasteiger partial charge in [0.25, 0.3) is 0 Å². The van der Waals surface area contributed by atoms with E-state index in [4.69, 9.17) is 5.11 Å². The van der Waals surface area contributed by atoms with Crippen molar-refractivity contribution in [1.82, 2.24) is 9.78 Å². The average molecular weight is 259 g/mol. The molecule has 0 aliphatic heterocycles. The predicted octanol–water partition coefficient (Wildman–Crippen LogP) is 2.35. The number of nitrogens with one attached hydrogen (secondary N) is 1. The summed E-state index contributed by atoms with van der Waals surface area (Å²) in [5.74, 6) is -0.953. The maximum atomic E-state index is 11.1. The number of hydrogen-bond donors (Lipinski definition) is 2. The highest BCUT2D eigenvalue weighted by molar-refractivity contribution is 5.88. The van der Waals surface area contributed by atoms with E-state index < -0.39 is 5.97 Å². The van der Waals surface area contributed by atoms with Crippen molar-refractivity contribution >= 4 is 11.7 Å². The second kappa shape index (κ2) is 5.14. The summed E-state index contributed by atoms with van der Waals surface area (Å²) in [6.45, 7) is 4.52. The van der Waals surface area contributed by atoms with Gasteiger partial charge < -0.3 is 10.4 Å². The van der Waals surface area contributed by atoms with E-state index in [0.717, 1.165) is 5.69 Å². The number of nitrogens with zero attached hydrogens (tertiary/aromatic N) is 2. The Kier molecular flexibility index (Phi) is 3.55. The van der Waals surface area contributed by atoms with Crippen LogP contribution in [0.25, 0.3) is 0 Å². The molecule has 100 valence electrons. The van der Waals surface area contributed by atoms with E-state index in [9.17, 15) is 4.79 Å². The molecule has 2 aromatic rings. The van der Waals surface area contributed by atoms with Crippen LogP contribution in [-0.4, -0.2) is 20.9 Å². The lowest BCUT2D eigenvalue weighted by molar-refractivity contribution is 0.0695. The van der Waals surface area contributed by atoms with E-state index in [-0.39, 0.29) is 5.56 Å². The van der Waals surface area contributed by atoms with Gasteiger partial charge in [0, 0.05) is 12.7 Å². The van der Waals surface area contributed by atoms with Gasteiger partial charge in [0.1, 0.15) is 5.56 Å². The molecule has 2 rings (SSSR count). The van der Waals surface area contributed by atoms with Crippen molar-refractivity contribution in [1.29, 1.82) is 0 Å². The van der Waals surface area contributed by atoms with Crippen LogP contribution in [0.4, 0.5) is 5.69 Å². The normalized spacial score (nSPS) is 10.5. The lowest BCUT2D eigenvalue weighted by atomic mass is 10.1. The molecule has 5 heteroatoms. The molecule has 0 bridgehead atoms. The molecule has 1 aromatic heterocycles. The van der Waals surface area contributed by atoms with Gasteiger partial charge in [0.05, 0.1) is 18.4 Å². The fourth-order valence-electron chi connectivity index (χ4n) is 1.97. The molecule has 0 aliphatic rings. The standard InChI is InChI=1S/C14H17N3O2/c1-9-5-4-6-12(10(9)2)15-8-13-11(14(18)19)7-16-17(13)3/h4-7,15H,8H2,1-3H3,(H,18,19). The van der Waals surface area contributed by atoms with Gasteiger partial charge in [0.15, 0.2) is 0 Å². The Balaban J connectivity index is 2.21. The Morgan fingerprint density at radius 2 is 2.16 bits per heavy atom. The molecular weight excluding hydrogens is 242 g/mol. The summed E-state index contributed by atoms with van der Waals surface area (Å²) in [5.41, 5.74) is 4.28. The molecule has 0 spiro atoms. The molecule has 0 fully saturated rings. The van der Waals surface area contributed by atoms with Crippen LogP contribution in [0, 0.1) is 13.8 Å². The largest absolute Gasteiger partial charge is 0.478 e. The molecular formula is C14H17N3O2. The molecule has 0 aliphatic carbocycles. The molecule has 0 amide bonds. The second-order valence-electron chi connectivity index (χ2n) is 4.53. The fourth-order valence-corrected chi connectivity index (χ4v) is 1.97. The number of carboxylic acids is 1. The van der Waals surface area contributed by atoms with E-state index in [1.807, 2.05) is 32.0 Å². The first-order valence-corrected chi connectivity index (χ1v) is 6.05. The monoisotopic (exact) mass is 259 g/mol. The van der Waals surface area contributed by atoms with Crippen molar-refractivity contribution in [2.75, 3.05) is 5.32 Å². The van der Waals surface area contributed by atoms with Crippen LogP contribution < -0.4 is 5.32 Å². The first-order valence-electron chi connectivity index (χ1n) is 6.05. The first-order chi connectivity index (χ1) is 9.00. The minimum Gasteiger partial charge on any atom is -0.478 e. The van der Waals surface area contributed by atoms with Crippen LogP contribution in [0.15, 0.2) is 24.4 Å². The molecule has 19 heavy (non-hydrogen) atoms. The van der Waals surface area contributed by atoms with Crippen molar-refractivity contribution in [2.45, 2.75) is 20.4 Å². The van der Waals surface area contributed by atoms with Crippen molar-refractivity contribution in [3.8, 4) is 0 Å². The number of carbonyl (C=O) groups is 1. The average Bonchev–Trinajstić information content (AvgIpc) is 2.73. The van der Waals surface area contributed by atoms with E-state index in [1.54, 1.807) is 11.7 Å². The Bertz CT molecular complexity index is 617. The third kappa shape index (κ3) is 2.59. The van der Waals surface area contributed by atoms with Gasteiger partial charge in [-0.1, -0.05) is 12.1 Å². The number of carboxylic acid groups (broad SMARTS) is 1. The quantitative estimate of drug-likeness (QED) is 0.884. The van der Waals surface area contributed by atoms with Crippen LogP contribution in [0.5, 0.6) is 0 Å². The van der Waals surface area contributed by atoms with Crippen LogP contribution in [-0.2, 0) is 13.6 Å². The lowest BCUT2D eigenvalue weighted by Gasteiger charge is -2.12. The van der Waals surface area contributed by atoms with Crippen molar-refractivity contribution in [3.05, 3.63) is 46.8 Å². The van der Waals surface area contributed by atoms with Gasteiger partial charge in [0.2, 0.25) is 0 Å². The number of anilines is 1. The Labute approximate surface area is 111 Å². The van der Waals surface area contributed by atoms with Crippen molar-refractivity contribution in [3.63, 3.8) is 0 Å². The fraction of sp³-hybridized carbons (Fsp3) is 0.286. The topological polar surface area (TPSA) is 67.2 Å². The summed E-state index contributed by atoms with van der Waals surface area (Å²) >= 11 is 0. The third-order valence-electron chi connectivity index (χ3n) is 3.34. The summed E-state index contributed by atoms with van der Waals surface area (Å²) in [4.78, 5) is 11.1. The zero-order valence-electron chi connectivity index (χ0n) is 11.3. The first kappa shape index (κ1) is 13.1. The molecule has 1 aromatic carbocycles. The van der Waals surface area contributed by atoms with Gasteiger partial charge in [-0.15, -0.1) is 0 Å². The van der Waals surface area contributed by atoms with Crippen LogP contribution >= 0.6 is 0 Å². The van der Waals surface area contributed by atoms with Crippen LogP contribution in [0.1, 0.15) is 27.2 Å². The smallest absolute Gasteiger partial charge is 0.339 e. The highest BCUT2D eigenvalue weighted by Gasteiger charge is 2.14. The summed E-state index contributed by atoms with van der Waals surface area (Å²) in [5, 5.41) is 16.3. The minimum atomic E-state index is -0.953. The summed E-state index contributed by atoms with van der Waals surface area (Å²) in [7, 11) is 1.74. The SMILES string of the molecule is Cc1cccc(NCc2c(C(=O)O)cnn2C)c1C. The number of aryl methyl sites for hydroxylation is 2. The number of aromatic nitrogens is 2. The highest BCUT2D eigenvalue weighted by Crippen LogP contribution is 2.19. The van der Waals surface area contributed by atoms with Gasteiger partial charge in [-0.05, 0) is 31.0 Å². The highest BCUT2D eigenvalue weighted by atomic mass is 16.4. The second-order valence-corrected chi connectivity index (χ2v) is 4.53. The molecule has 0 saturated carbocycles. The molecule has 1 heterocycles. The molecule has 2 N–H and O–H groups in total. The summed E-state index contributed by atoms with van der Waals surface area (Å²) in [6, 6.07) is 6.01. The lowest BCUT2D eigenvalue weighted by Crippen LogP contribution is -2.10. The Hall–Kier alpha value is -2.30. The predicted molar refractivity (Wildman–Crippen MR) is 73.4 cm³/mol. The van der Waals surface area contributed by atoms with Crippen molar-refractivity contribution in [2.24, 2.45) is 7.05 Å². The molecule has 0 unspecified atom stereocenters. The number of hydrogen-bond acceptors (Lipinski definition) is 3. The Morgan fingerprint density at radius 3 is 2.84 bits per heavy atom. The maximum Gasteiger partial charge on any atom is 0.339 e. The van der Waals surface area contributed by atoms with E-state index in [2.05, 4.69) is 10.4 Å². The number of rotatable bonds is 4. The zero-order chi connectivity index (χ0) is 14.0. The molecule has 0 radical (unpaired) electrons. The van der Waals surface area contributed by atoms with E-state index >= 15 is 0 Å². The molecule has 0 saturated heterocycles. The van der Waals surface area contributed by atoms with Gasteiger partial charge in [-0.3, -0.25) is 4.68 Å².